The van der Waals surface area contributed by atoms with E-state index in [9.17, 15) is 0 Å². The lowest BCUT2D eigenvalue weighted by Crippen LogP contribution is -2.54. The minimum Gasteiger partial charge on any atom is -0.303 e. The molecule has 3 N–H and O–H groups in total. The van der Waals surface area contributed by atoms with Crippen LogP contribution in [0.2, 0.25) is 0 Å². The van der Waals surface area contributed by atoms with Crippen LogP contribution < -0.4 is 5.32 Å². The number of nitrogens with one attached hydrogen (secondary N) is 3. The van der Waals surface area contributed by atoms with Crippen molar-refractivity contribution in [2.24, 2.45) is 0 Å². The Labute approximate surface area is 162 Å². The van der Waals surface area contributed by atoms with Crippen LogP contribution in [0.15, 0.2) is 60.2 Å². The highest BCUT2D eigenvalue weighted by Crippen LogP contribution is 2.28. The van der Waals surface area contributed by atoms with Crippen molar-refractivity contribution in [3.05, 3.63) is 71.3 Å². The van der Waals surface area contributed by atoms with Crippen LogP contribution in [0.25, 0.3) is 10.8 Å². The third-order valence-electron chi connectivity index (χ3n) is 4.97. The zero-order chi connectivity index (χ0) is 19.8. The molecule has 3 nitrogen and oxygen atoms in total. The SMILES string of the molecule is Cc1cc2ccccc2cc1C(=N)/C=C\C(=N)C1=CC(C)(C)NC(C)(C)C1. The summed E-state index contributed by atoms with van der Waals surface area (Å²) in [5.74, 6) is 0. The molecule has 2 aromatic rings. The van der Waals surface area contributed by atoms with Gasteiger partial charge in [0.1, 0.15) is 0 Å². The summed E-state index contributed by atoms with van der Waals surface area (Å²) in [4.78, 5) is 0. The van der Waals surface area contributed by atoms with Crippen LogP contribution in [-0.4, -0.2) is 22.5 Å². The third-order valence-corrected chi connectivity index (χ3v) is 4.97. The highest BCUT2D eigenvalue weighted by atomic mass is 15.0. The Hall–Kier alpha value is -2.52. The van der Waals surface area contributed by atoms with Crippen LogP contribution >= 0.6 is 0 Å². The molecule has 0 aromatic heterocycles. The predicted molar refractivity (Wildman–Crippen MR) is 116 cm³/mol. The number of fused-ring (bicyclic) bond motifs is 1. The number of hydrogen-bond donors (Lipinski definition) is 3. The van der Waals surface area contributed by atoms with Crippen LogP contribution in [0, 0.1) is 17.7 Å². The quantitative estimate of drug-likeness (QED) is 0.614. The normalized spacial score (nSPS) is 18.5. The van der Waals surface area contributed by atoms with Gasteiger partial charge in [0.2, 0.25) is 0 Å². The first-order chi connectivity index (χ1) is 12.6. The molecule has 0 atom stereocenters. The molecule has 1 heterocycles. The first-order valence-electron chi connectivity index (χ1n) is 9.43. The average Bonchev–Trinajstić information content (AvgIpc) is 2.56. The Kier molecular flexibility index (Phi) is 4.92. The molecule has 3 heteroatoms. The molecular weight excluding hydrogens is 330 g/mol. The van der Waals surface area contributed by atoms with E-state index >= 15 is 0 Å². The van der Waals surface area contributed by atoms with Crippen LogP contribution in [0.1, 0.15) is 45.2 Å². The molecular formula is C24H29N3. The number of rotatable bonds is 4. The molecule has 0 aliphatic carbocycles. The monoisotopic (exact) mass is 359 g/mol. The first-order valence-corrected chi connectivity index (χ1v) is 9.43. The minimum absolute atomic E-state index is 0.0455. The van der Waals surface area contributed by atoms with Gasteiger partial charge in [-0.2, -0.15) is 0 Å². The molecule has 0 radical (unpaired) electrons. The standard InChI is InChI=1S/C24H29N3/c1-16-12-17-8-6-7-9-18(17)13-20(16)22(26)11-10-21(25)19-14-23(2,3)27-24(4,5)15-19/h6-14,25-27H,15H2,1-5H3/b11-10-,25-21?,26-22?. The van der Waals surface area contributed by atoms with Gasteiger partial charge in [0.05, 0.1) is 11.4 Å². The van der Waals surface area contributed by atoms with E-state index < -0.39 is 0 Å². The predicted octanol–water partition coefficient (Wildman–Crippen LogP) is 5.57. The smallest absolute Gasteiger partial charge is 0.0615 e. The molecule has 1 aliphatic heterocycles. The molecule has 0 spiro atoms. The zero-order valence-electron chi connectivity index (χ0n) is 16.9. The number of benzene rings is 2. The van der Waals surface area contributed by atoms with Crippen molar-refractivity contribution in [2.75, 3.05) is 0 Å². The fraction of sp³-hybridized carbons (Fsp3) is 0.333. The molecule has 0 bridgehead atoms. The van der Waals surface area contributed by atoms with Crippen LogP contribution in [-0.2, 0) is 0 Å². The topological polar surface area (TPSA) is 59.7 Å². The van der Waals surface area contributed by atoms with Crippen LogP contribution in [0.3, 0.4) is 0 Å². The van der Waals surface area contributed by atoms with Crippen molar-refractivity contribution in [3.8, 4) is 0 Å². The van der Waals surface area contributed by atoms with Gasteiger partial charge in [-0.15, -0.1) is 0 Å². The van der Waals surface area contributed by atoms with Crippen molar-refractivity contribution in [3.63, 3.8) is 0 Å². The van der Waals surface area contributed by atoms with E-state index in [0.717, 1.165) is 28.5 Å². The van der Waals surface area contributed by atoms with Crippen molar-refractivity contribution in [1.82, 2.24) is 5.32 Å². The molecule has 1 aliphatic rings. The Bertz CT molecular complexity index is 974. The van der Waals surface area contributed by atoms with Gasteiger partial charge in [0.15, 0.2) is 0 Å². The molecule has 0 amide bonds. The lowest BCUT2D eigenvalue weighted by Gasteiger charge is -2.41. The van der Waals surface area contributed by atoms with E-state index in [4.69, 9.17) is 10.8 Å². The van der Waals surface area contributed by atoms with E-state index in [1.165, 1.54) is 5.39 Å². The molecule has 3 rings (SSSR count). The van der Waals surface area contributed by atoms with Gasteiger partial charge in [-0.05, 0) is 81.2 Å². The zero-order valence-corrected chi connectivity index (χ0v) is 16.9. The minimum atomic E-state index is -0.139. The number of allylic oxidation sites excluding steroid dienone is 2. The lowest BCUT2D eigenvalue weighted by molar-refractivity contribution is 0.287. The summed E-state index contributed by atoms with van der Waals surface area (Å²) in [6, 6.07) is 12.4. The Balaban J connectivity index is 1.84. The summed E-state index contributed by atoms with van der Waals surface area (Å²) in [5.41, 5.74) is 3.77. The number of hydrogen-bond acceptors (Lipinski definition) is 3. The molecule has 140 valence electrons. The molecule has 0 saturated heterocycles. The van der Waals surface area contributed by atoms with Gasteiger partial charge < -0.3 is 16.1 Å². The fourth-order valence-electron chi connectivity index (χ4n) is 4.10. The van der Waals surface area contributed by atoms with Gasteiger partial charge in [0.25, 0.3) is 0 Å². The van der Waals surface area contributed by atoms with E-state index in [-0.39, 0.29) is 11.1 Å². The second-order valence-corrected chi connectivity index (χ2v) is 8.75. The van der Waals surface area contributed by atoms with Crippen LogP contribution in [0.5, 0.6) is 0 Å². The highest BCUT2D eigenvalue weighted by molar-refractivity contribution is 6.15. The summed E-state index contributed by atoms with van der Waals surface area (Å²) in [6.07, 6.45) is 6.46. The summed E-state index contributed by atoms with van der Waals surface area (Å²) >= 11 is 0. The van der Waals surface area contributed by atoms with Crippen molar-refractivity contribution < 1.29 is 0 Å². The summed E-state index contributed by atoms with van der Waals surface area (Å²) < 4.78 is 0. The van der Waals surface area contributed by atoms with E-state index in [1.54, 1.807) is 12.2 Å². The third kappa shape index (κ3) is 4.42. The van der Waals surface area contributed by atoms with Crippen molar-refractivity contribution >= 4 is 22.2 Å². The van der Waals surface area contributed by atoms with E-state index in [1.807, 2.05) is 19.1 Å². The number of aryl methyl sites for hydroxylation is 1. The van der Waals surface area contributed by atoms with Crippen molar-refractivity contribution in [1.29, 1.82) is 10.8 Å². The van der Waals surface area contributed by atoms with Gasteiger partial charge in [0, 0.05) is 16.6 Å². The summed E-state index contributed by atoms with van der Waals surface area (Å²) in [5, 5.41) is 22.9. The largest absolute Gasteiger partial charge is 0.303 e. The second kappa shape index (κ2) is 6.90. The van der Waals surface area contributed by atoms with E-state index in [0.29, 0.717) is 11.4 Å². The maximum absolute atomic E-state index is 8.50. The van der Waals surface area contributed by atoms with Gasteiger partial charge in [-0.3, -0.25) is 0 Å². The van der Waals surface area contributed by atoms with Gasteiger partial charge in [-0.25, -0.2) is 0 Å². The lowest BCUT2D eigenvalue weighted by atomic mass is 9.82. The summed E-state index contributed by atoms with van der Waals surface area (Å²) in [6.45, 7) is 10.6. The molecule has 0 fully saturated rings. The highest BCUT2D eigenvalue weighted by Gasteiger charge is 2.32. The van der Waals surface area contributed by atoms with Gasteiger partial charge >= 0.3 is 0 Å². The van der Waals surface area contributed by atoms with Gasteiger partial charge in [-0.1, -0.05) is 36.4 Å². The molecule has 0 unspecified atom stereocenters. The molecule has 27 heavy (non-hydrogen) atoms. The fourth-order valence-corrected chi connectivity index (χ4v) is 4.10. The first kappa shape index (κ1) is 19.2. The maximum Gasteiger partial charge on any atom is 0.0615 e. The maximum atomic E-state index is 8.50. The summed E-state index contributed by atoms with van der Waals surface area (Å²) in [7, 11) is 0. The van der Waals surface area contributed by atoms with Crippen LogP contribution in [0.4, 0.5) is 0 Å². The molecule has 2 aromatic carbocycles. The Morgan fingerprint density at radius 1 is 0.963 bits per heavy atom. The molecule has 0 saturated carbocycles. The van der Waals surface area contributed by atoms with E-state index in [2.05, 4.69) is 63.4 Å². The Morgan fingerprint density at radius 3 is 2.19 bits per heavy atom. The Morgan fingerprint density at radius 2 is 1.56 bits per heavy atom. The average molecular weight is 360 g/mol. The second-order valence-electron chi connectivity index (χ2n) is 8.75. The van der Waals surface area contributed by atoms with Crippen molar-refractivity contribution in [2.45, 2.75) is 52.1 Å².